The molecule has 3 heterocycles. The van der Waals surface area contributed by atoms with Gasteiger partial charge < -0.3 is 29.7 Å². The van der Waals surface area contributed by atoms with Gasteiger partial charge in [0.1, 0.15) is 17.2 Å². The van der Waals surface area contributed by atoms with E-state index in [2.05, 4.69) is 15.6 Å². The zero-order valence-corrected chi connectivity index (χ0v) is 22.0. The molecule has 2 aromatic carbocycles. The normalized spacial score (nSPS) is 13.3. The number of pyridine rings is 1. The number of fused-ring (bicyclic) bond motifs is 1. The van der Waals surface area contributed by atoms with Crippen LogP contribution in [0.15, 0.2) is 60.8 Å². The Labute approximate surface area is 225 Å². The minimum Gasteiger partial charge on any atom is -0.457 e. The van der Waals surface area contributed by atoms with Gasteiger partial charge in [-0.05, 0) is 42.5 Å². The molecule has 5 rings (SSSR count). The summed E-state index contributed by atoms with van der Waals surface area (Å²) >= 11 is 0. The molecule has 0 aliphatic carbocycles. The maximum absolute atomic E-state index is 12.9. The first-order valence-corrected chi connectivity index (χ1v) is 12.6. The zero-order chi connectivity index (χ0) is 27.5. The number of rotatable bonds is 6. The molecule has 0 atom stereocenters. The van der Waals surface area contributed by atoms with Crippen LogP contribution < -0.4 is 15.4 Å². The van der Waals surface area contributed by atoms with Gasteiger partial charge in [-0.15, -0.1) is 0 Å². The van der Waals surface area contributed by atoms with Crippen LogP contribution in [0.1, 0.15) is 27.8 Å². The summed E-state index contributed by atoms with van der Waals surface area (Å²) in [7, 11) is 3.46. The van der Waals surface area contributed by atoms with E-state index in [1.165, 1.54) is 6.20 Å². The Kier molecular flexibility index (Phi) is 7.13. The average molecular weight is 528 g/mol. The van der Waals surface area contributed by atoms with Crippen molar-refractivity contribution < 1.29 is 19.1 Å². The SMILES string of the molecule is CNC(=O)c1cc(Oc2ccc3c(c2)nc(Nc2ccc(C(=O)N4CCN(C(C)=O)CC4)cc2)n3C)ccn1. The number of hydrogen-bond acceptors (Lipinski definition) is 7. The summed E-state index contributed by atoms with van der Waals surface area (Å²) in [6.45, 7) is 3.72. The monoisotopic (exact) mass is 527 g/mol. The predicted molar refractivity (Wildman–Crippen MR) is 146 cm³/mol. The fourth-order valence-electron chi connectivity index (χ4n) is 4.45. The Morgan fingerprint density at radius 1 is 0.897 bits per heavy atom. The van der Waals surface area contributed by atoms with Gasteiger partial charge in [-0.3, -0.25) is 19.4 Å². The molecular weight excluding hydrogens is 498 g/mol. The van der Waals surface area contributed by atoms with Gasteiger partial charge in [-0.25, -0.2) is 4.98 Å². The fourth-order valence-corrected chi connectivity index (χ4v) is 4.45. The molecule has 1 aliphatic heterocycles. The third kappa shape index (κ3) is 5.52. The number of aryl methyl sites for hydroxylation is 1. The Morgan fingerprint density at radius 2 is 1.59 bits per heavy atom. The van der Waals surface area contributed by atoms with E-state index in [1.54, 1.807) is 48.0 Å². The molecule has 11 heteroatoms. The number of aromatic nitrogens is 3. The Morgan fingerprint density at radius 3 is 2.28 bits per heavy atom. The molecule has 0 spiro atoms. The molecule has 200 valence electrons. The molecule has 2 N–H and O–H groups in total. The number of amides is 3. The molecule has 2 aromatic heterocycles. The van der Waals surface area contributed by atoms with Crippen LogP contribution in [0.4, 0.5) is 11.6 Å². The highest BCUT2D eigenvalue weighted by molar-refractivity contribution is 5.95. The second-order valence-electron chi connectivity index (χ2n) is 9.20. The number of ether oxygens (including phenoxy) is 1. The first-order valence-electron chi connectivity index (χ1n) is 12.6. The van der Waals surface area contributed by atoms with Gasteiger partial charge in [0.2, 0.25) is 11.9 Å². The highest BCUT2D eigenvalue weighted by Crippen LogP contribution is 2.28. The minimum absolute atomic E-state index is 0.0356. The van der Waals surface area contributed by atoms with Crippen LogP contribution in [0.2, 0.25) is 0 Å². The van der Waals surface area contributed by atoms with Crippen LogP contribution in [0.3, 0.4) is 0 Å². The molecule has 0 radical (unpaired) electrons. The second-order valence-corrected chi connectivity index (χ2v) is 9.20. The van der Waals surface area contributed by atoms with Gasteiger partial charge in [0.25, 0.3) is 11.8 Å². The van der Waals surface area contributed by atoms with Crippen molar-refractivity contribution in [3.8, 4) is 11.5 Å². The fraction of sp³-hybridized carbons (Fsp3) is 0.250. The number of carbonyl (C=O) groups excluding carboxylic acids is 3. The molecule has 11 nitrogen and oxygen atoms in total. The maximum atomic E-state index is 12.9. The molecule has 0 bridgehead atoms. The van der Waals surface area contributed by atoms with Crippen LogP contribution in [0, 0.1) is 0 Å². The van der Waals surface area contributed by atoms with E-state index < -0.39 is 0 Å². The first-order chi connectivity index (χ1) is 18.8. The van der Waals surface area contributed by atoms with E-state index in [4.69, 9.17) is 9.72 Å². The number of hydrogen-bond donors (Lipinski definition) is 2. The smallest absolute Gasteiger partial charge is 0.269 e. The predicted octanol–water partition coefficient (Wildman–Crippen LogP) is 3.17. The van der Waals surface area contributed by atoms with Crippen molar-refractivity contribution in [3.63, 3.8) is 0 Å². The van der Waals surface area contributed by atoms with E-state index in [1.807, 2.05) is 41.9 Å². The van der Waals surface area contributed by atoms with Crippen molar-refractivity contribution in [3.05, 3.63) is 72.1 Å². The van der Waals surface area contributed by atoms with Crippen molar-refractivity contribution in [1.29, 1.82) is 0 Å². The molecule has 1 fully saturated rings. The van der Waals surface area contributed by atoms with Gasteiger partial charge in [0.05, 0.1) is 11.0 Å². The van der Waals surface area contributed by atoms with Crippen molar-refractivity contribution in [2.75, 3.05) is 38.5 Å². The van der Waals surface area contributed by atoms with Gasteiger partial charge in [0, 0.05) is 76.8 Å². The van der Waals surface area contributed by atoms with Gasteiger partial charge in [-0.1, -0.05) is 0 Å². The molecular formula is C28H29N7O4. The Bertz CT molecular complexity index is 1540. The number of nitrogens with one attached hydrogen (secondary N) is 2. The summed E-state index contributed by atoms with van der Waals surface area (Å²) in [5.74, 6) is 1.40. The lowest BCUT2D eigenvalue weighted by Crippen LogP contribution is -2.50. The van der Waals surface area contributed by atoms with Crippen molar-refractivity contribution in [1.82, 2.24) is 29.7 Å². The summed E-state index contributed by atoms with van der Waals surface area (Å²) in [5, 5.41) is 5.86. The molecule has 1 saturated heterocycles. The summed E-state index contributed by atoms with van der Waals surface area (Å²) in [5.41, 5.74) is 3.29. The van der Waals surface area contributed by atoms with E-state index in [9.17, 15) is 14.4 Å². The zero-order valence-electron chi connectivity index (χ0n) is 22.0. The largest absolute Gasteiger partial charge is 0.457 e. The topological polar surface area (TPSA) is 122 Å². The van der Waals surface area contributed by atoms with Crippen LogP contribution in [-0.2, 0) is 11.8 Å². The lowest BCUT2D eigenvalue weighted by molar-refractivity contribution is -0.130. The van der Waals surface area contributed by atoms with E-state index in [0.29, 0.717) is 49.2 Å². The number of nitrogens with zero attached hydrogens (tertiary/aromatic N) is 5. The summed E-state index contributed by atoms with van der Waals surface area (Å²) < 4.78 is 7.88. The number of piperazine rings is 1. The standard InChI is InChI=1S/C28H29N7O4/c1-18(36)34-12-14-35(15-13-34)27(38)19-4-6-20(7-5-19)31-28-32-23-16-21(8-9-25(23)33(28)3)39-22-10-11-30-24(17-22)26(37)29-2/h4-11,16-17H,12-15H2,1-3H3,(H,29,37)(H,31,32). The van der Waals surface area contributed by atoms with E-state index in [0.717, 1.165) is 16.7 Å². The van der Waals surface area contributed by atoms with Gasteiger partial charge in [0.15, 0.2) is 0 Å². The van der Waals surface area contributed by atoms with Crippen molar-refractivity contribution in [2.24, 2.45) is 7.05 Å². The minimum atomic E-state index is -0.291. The third-order valence-corrected chi connectivity index (χ3v) is 6.68. The van der Waals surface area contributed by atoms with Crippen molar-refractivity contribution in [2.45, 2.75) is 6.92 Å². The lowest BCUT2D eigenvalue weighted by Gasteiger charge is -2.34. The van der Waals surface area contributed by atoms with E-state index >= 15 is 0 Å². The maximum Gasteiger partial charge on any atom is 0.269 e. The highest BCUT2D eigenvalue weighted by atomic mass is 16.5. The number of anilines is 2. The number of carbonyl (C=O) groups is 3. The van der Waals surface area contributed by atoms with Crippen LogP contribution >= 0.6 is 0 Å². The third-order valence-electron chi connectivity index (χ3n) is 6.68. The van der Waals surface area contributed by atoms with Crippen LogP contribution in [0.25, 0.3) is 11.0 Å². The van der Waals surface area contributed by atoms with E-state index in [-0.39, 0.29) is 23.4 Å². The second kappa shape index (κ2) is 10.8. The molecule has 39 heavy (non-hydrogen) atoms. The molecule has 0 unspecified atom stereocenters. The summed E-state index contributed by atoms with van der Waals surface area (Å²) in [6.07, 6.45) is 1.52. The van der Waals surface area contributed by atoms with Gasteiger partial charge >= 0.3 is 0 Å². The molecule has 4 aromatic rings. The quantitative estimate of drug-likeness (QED) is 0.395. The average Bonchev–Trinajstić information content (AvgIpc) is 3.26. The first kappa shape index (κ1) is 25.7. The Balaban J connectivity index is 1.27. The van der Waals surface area contributed by atoms with Gasteiger partial charge in [-0.2, -0.15) is 0 Å². The summed E-state index contributed by atoms with van der Waals surface area (Å²) in [4.78, 5) is 48.6. The molecule has 3 amide bonds. The van der Waals surface area contributed by atoms with Crippen LogP contribution in [0.5, 0.6) is 11.5 Å². The molecule has 1 aliphatic rings. The summed E-state index contributed by atoms with van der Waals surface area (Å²) in [6, 6.07) is 16.1. The number of imidazole rings is 1. The number of benzene rings is 2. The van der Waals surface area contributed by atoms with Crippen molar-refractivity contribution >= 4 is 40.4 Å². The molecule has 0 saturated carbocycles. The van der Waals surface area contributed by atoms with Crippen LogP contribution in [-0.4, -0.2) is 75.3 Å². The lowest BCUT2D eigenvalue weighted by atomic mass is 10.1. The Hall–Kier alpha value is -4.93. The highest BCUT2D eigenvalue weighted by Gasteiger charge is 2.23.